The molecule has 0 unspecified atom stereocenters. The molecule has 0 aliphatic heterocycles. The molecule has 0 bridgehead atoms. The van der Waals surface area contributed by atoms with Crippen molar-refractivity contribution in [3.8, 4) is 11.8 Å². The average molecular weight is 335 g/mol. The Morgan fingerprint density at radius 2 is 1.39 bits per heavy atom. The molecule has 0 aliphatic carbocycles. The lowest BCUT2D eigenvalue weighted by molar-refractivity contribution is -0.247. The fourth-order valence-corrected chi connectivity index (χ4v) is 1.53. The largest absolute Gasteiger partial charge is 0.419 e. The zero-order valence-electron chi connectivity index (χ0n) is 12.7. The van der Waals surface area contributed by atoms with E-state index in [-0.39, 0.29) is 0 Å². The maximum absolute atomic E-state index is 12.7. The maximum atomic E-state index is 12.7. The highest BCUT2D eigenvalue weighted by molar-refractivity contribution is 6.04. The molecule has 0 heterocycles. The molecule has 0 saturated carbocycles. The topological polar surface area (TPSA) is 12.4 Å². The van der Waals surface area contributed by atoms with Crippen LogP contribution in [0, 0.1) is 17.3 Å². The summed E-state index contributed by atoms with van der Waals surface area (Å²) in [5, 5.41) is 0. The van der Waals surface area contributed by atoms with Gasteiger partial charge in [0.05, 0.1) is 5.71 Å². The van der Waals surface area contributed by atoms with Crippen LogP contribution >= 0.6 is 0 Å². The van der Waals surface area contributed by atoms with Gasteiger partial charge in [0.1, 0.15) is 0 Å². The molecule has 0 spiro atoms. The molecule has 0 N–H and O–H groups in total. The fraction of sp³-hybridized carbons (Fsp3) is 0.438. The van der Waals surface area contributed by atoms with Gasteiger partial charge >= 0.3 is 12.4 Å². The van der Waals surface area contributed by atoms with Gasteiger partial charge in [-0.05, 0) is 18.1 Å². The van der Waals surface area contributed by atoms with Crippen molar-refractivity contribution < 1.29 is 26.3 Å². The van der Waals surface area contributed by atoms with E-state index in [0.29, 0.717) is 5.56 Å². The Morgan fingerprint density at radius 1 is 0.913 bits per heavy atom. The summed E-state index contributed by atoms with van der Waals surface area (Å²) in [6.07, 6.45) is -11.0. The Hall–Kier alpha value is -1.97. The normalized spacial score (nSPS) is 13.7. The molecule has 0 atom stereocenters. The Labute approximate surface area is 130 Å². The molecule has 126 valence electrons. The van der Waals surface area contributed by atoms with Crippen LogP contribution in [0.1, 0.15) is 26.3 Å². The molecule has 0 aromatic heterocycles. The van der Waals surface area contributed by atoms with Gasteiger partial charge < -0.3 is 0 Å². The van der Waals surface area contributed by atoms with Crippen molar-refractivity contribution >= 4 is 5.71 Å². The first kappa shape index (κ1) is 19.1. The van der Waals surface area contributed by atoms with Gasteiger partial charge in [-0.15, -0.1) is 0 Å². The van der Waals surface area contributed by atoms with E-state index in [4.69, 9.17) is 0 Å². The van der Waals surface area contributed by atoms with Crippen LogP contribution < -0.4 is 0 Å². The van der Waals surface area contributed by atoms with E-state index in [1.165, 1.54) is 20.8 Å². The Balaban J connectivity index is 3.34. The number of hydrogen-bond acceptors (Lipinski definition) is 1. The van der Waals surface area contributed by atoms with E-state index in [1.807, 2.05) is 0 Å². The second kappa shape index (κ2) is 6.65. The SMILES string of the molecule is CC(C)(C)C(C#Cc1ccccc1)=NC(C(F)(F)F)C(F)(F)F. The van der Waals surface area contributed by atoms with Crippen LogP contribution in [0.3, 0.4) is 0 Å². The minimum atomic E-state index is -5.52. The van der Waals surface area contributed by atoms with E-state index in [2.05, 4.69) is 16.8 Å². The quantitative estimate of drug-likeness (QED) is 0.388. The Kier molecular flexibility index (Phi) is 5.51. The van der Waals surface area contributed by atoms with Crippen molar-refractivity contribution in [2.75, 3.05) is 0 Å². The van der Waals surface area contributed by atoms with E-state index in [9.17, 15) is 26.3 Å². The second-order valence-corrected chi connectivity index (χ2v) is 5.83. The molecule has 1 aromatic carbocycles. The van der Waals surface area contributed by atoms with Crippen LogP contribution in [0.4, 0.5) is 26.3 Å². The number of benzene rings is 1. The van der Waals surface area contributed by atoms with Gasteiger partial charge in [0.15, 0.2) is 0 Å². The summed E-state index contributed by atoms with van der Waals surface area (Å²) < 4.78 is 75.9. The predicted octanol–water partition coefficient (Wildman–Crippen LogP) is 5.02. The summed E-state index contributed by atoms with van der Waals surface area (Å²) >= 11 is 0. The van der Waals surface area contributed by atoms with Gasteiger partial charge in [0, 0.05) is 11.0 Å². The lowest BCUT2D eigenvalue weighted by Gasteiger charge is -2.23. The van der Waals surface area contributed by atoms with Crippen molar-refractivity contribution in [1.82, 2.24) is 0 Å². The first-order valence-electron chi connectivity index (χ1n) is 6.60. The smallest absolute Gasteiger partial charge is 0.258 e. The number of rotatable bonds is 1. The summed E-state index contributed by atoms with van der Waals surface area (Å²) in [5.41, 5.74) is -1.04. The van der Waals surface area contributed by atoms with Crippen LogP contribution in [0.5, 0.6) is 0 Å². The zero-order valence-corrected chi connectivity index (χ0v) is 12.7. The zero-order chi connectivity index (χ0) is 17.9. The molecule has 0 fully saturated rings. The van der Waals surface area contributed by atoms with E-state index >= 15 is 0 Å². The van der Waals surface area contributed by atoms with Crippen molar-refractivity contribution in [2.24, 2.45) is 10.4 Å². The third-order valence-electron chi connectivity index (χ3n) is 2.69. The van der Waals surface area contributed by atoms with Crippen molar-refractivity contribution in [3.63, 3.8) is 0 Å². The molecule has 1 rings (SSSR count). The first-order valence-corrected chi connectivity index (χ1v) is 6.60. The summed E-state index contributed by atoms with van der Waals surface area (Å²) in [6, 6.07) is 4.44. The van der Waals surface area contributed by atoms with Crippen molar-refractivity contribution in [2.45, 2.75) is 39.2 Å². The third kappa shape index (κ3) is 5.97. The Bertz CT molecular complexity index is 594. The maximum Gasteiger partial charge on any atom is 0.419 e. The van der Waals surface area contributed by atoms with Crippen molar-refractivity contribution in [3.05, 3.63) is 35.9 Å². The van der Waals surface area contributed by atoms with Crippen LogP contribution in [-0.4, -0.2) is 24.1 Å². The lowest BCUT2D eigenvalue weighted by atomic mass is 9.89. The summed E-state index contributed by atoms with van der Waals surface area (Å²) in [7, 11) is 0. The lowest BCUT2D eigenvalue weighted by Crippen LogP contribution is -2.42. The van der Waals surface area contributed by atoms with Gasteiger partial charge in [0.2, 0.25) is 6.04 Å². The van der Waals surface area contributed by atoms with Gasteiger partial charge in [-0.3, -0.25) is 4.99 Å². The van der Waals surface area contributed by atoms with Gasteiger partial charge in [0.25, 0.3) is 0 Å². The fourth-order valence-electron chi connectivity index (χ4n) is 1.53. The summed E-state index contributed by atoms with van der Waals surface area (Å²) in [5.74, 6) is 4.89. The van der Waals surface area contributed by atoms with Crippen LogP contribution in [-0.2, 0) is 0 Å². The predicted molar refractivity (Wildman–Crippen MR) is 76.1 cm³/mol. The molecule has 1 aromatic rings. The van der Waals surface area contributed by atoms with Crippen LogP contribution in [0.15, 0.2) is 35.3 Å². The molecule has 0 saturated heterocycles. The minimum absolute atomic E-state index is 0.457. The highest BCUT2D eigenvalue weighted by Crippen LogP contribution is 2.36. The Morgan fingerprint density at radius 3 is 1.78 bits per heavy atom. The molecule has 0 amide bonds. The van der Waals surface area contributed by atoms with E-state index < -0.39 is 29.5 Å². The summed E-state index contributed by atoms with van der Waals surface area (Å²) in [6.45, 7) is 4.36. The third-order valence-corrected chi connectivity index (χ3v) is 2.69. The second-order valence-electron chi connectivity index (χ2n) is 5.83. The molecule has 1 nitrogen and oxygen atoms in total. The summed E-state index contributed by atoms with van der Waals surface area (Å²) in [4.78, 5) is 2.90. The van der Waals surface area contributed by atoms with E-state index in [1.54, 1.807) is 30.3 Å². The molecule has 23 heavy (non-hydrogen) atoms. The highest BCUT2D eigenvalue weighted by atomic mass is 19.4. The number of nitrogens with zero attached hydrogens (tertiary/aromatic N) is 1. The van der Waals surface area contributed by atoms with Gasteiger partial charge in [-0.2, -0.15) is 26.3 Å². The average Bonchev–Trinajstić information content (AvgIpc) is 2.35. The number of halogens is 6. The minimum Gasteiger partial charge on any atom is -0.258 e. The van der Waals surface area contributed by atoms with Crippen molar-refractivity contribution in [1.29, 1.82) is 0 Å². The number of alkyl halides is 6. The van der Waals surface area contributed by atoms with E-state index in [0.717, 1.165) is 0 Å². The standard InChI is InChI=1S/C16H15F6N/c1-14(2,3)12(10-9-11-7-5-4-6-8-11)23-13(15(17,18)19)16(20,21)22/h4-8,13H,1-3H3. The molecule has 0 aliphatic rings. The number of hydrogen-bond donors (Lipinski definition) is 0. The van der Waals surface area contributed by atoms with Crippen LogP contribution in [0.25, 0.3) is 0 Å². The highest BCUT2D eigenvalue weighted by Gasteiger charge is 2.57. The monoisotopic (exact) mass is 335 g/mol. The molecule has 0 radical (unpaired) electrons. The molecular weight excluding hydrogens is 320 g/mol. The first-order chi connectivity index (χ1) is 10.3. The van der Waals surface area contributed by atoms with Gasteiger partial charge in [-0.1, -0.05) is 44.9 Å². The molecule has 7 heteroatoms. The number of aliphatic imine (C=N–C) groups is 1. The van der Waals surface area contributed by atoms with Crippen LogP contribution in [0.2, 0.25) is 0 Å². The van der Waals surface area contributed by atoms with Gasteiger partial charge in [-0.25, -0.2) is 0 Å². The molecular formula is C16H15F6N.